The summed E-state index contributed by atoms with van der Waals surface area (Å²) in [5.41, 5.74) is 2.10. The molecule has 190 valence electrons. The first-order chi connectivity index (χ1) is 18.0. The molecule has 4 aromatic rings. The van der Waals surface area contributed by atoms with Crippen LogP contribution in [0.15, 0.2) is 75.0 Å². The van der Waals surface area contributed by atoms with Crippen molar-refractivity contribution in [1.82, 2.24) is 9.66 Å². The van der Waals surface area contributed by atoms with E-state index in [1.165, 1.54) is 23.2 Å². The third-order valence-corrected chi connectivity index (χ3v) is 7.11. The Morgan fingerprint density at radius 2 is 1.84 bits per heavy atom. The number of halogens is 2. The molecule has 0 spiro atoms. The smallest absolute Gasteiger partial charge is 0.282 e. The van der Waals surface area contributed by atoms with Crippen LogP contribution in [0.2, 0.25) is 0 Å². The van der Waals surface area contributed by atoms with Gasteiger partial charge in [0.1, 0.15) is 18.2 Å². The van der Waals surface area contributed by atoms with Gasteiger partial charge < -0.3 is 9.47 Å². The van der Waals surface area contributed by atoms with Gasteiger partial charge in [-0.3, -0.25) is 4.79 Å². The molecule has 6 nitrogen and oxygen atoms in total. The summed E-state index contributed by atoms with van der Waals surface area (Å²) in [5.74, 6) is 1.71. The number of aromatic nitrogens is 2. The molecule has 3 aromatic carbocycles. The van der Waals surface area contributed by atoms with Gasteiger partial charge in [-0.15, -0.1) is 0 Å². The predicted molar refractivity (Wildman–Crippen MR) is 146 cm³/mol. The second-order valence-corrected chi connectivity index (χ2v) is 10.1. The molecule has 0 saturated heterocycles. The van der Waals surface area contributed by atoms with E-state index in [0.717, 1.165) is 41.3 Å². The normalized spacial score (nSPS) is 14.4. The van der Waals surface area contributed by atoms with E-state index >= 15 is 0 Å². The second kappa shape index (κ2) is 11.3. The first-order valence-corrected chi connectivity index (χ1v) is 13.1. The lowest BCUT2D eigenvalue weighted by molar-refractivity contribution is 0.284. The zero-order valence-corrected chi connectivity index (χ0v) is 22.1. The van der Waals surface area contributed by atoms with Crippen molar-refractivity contribution in [3.63, 3.8) is 0 Å². The fourth-order valence-electron chi connectivity index (χ4n) is 4.65. The van der Waals surface area contributed by atoms with Crippen LogP contribution in [-0.4, -0.2) is 23.0 Å². The Balaban J connectivity index is 1.45. The minimum Gasteiger partial charge on any atom is -0.493 e. The summed E-state index contributed by atoms with van der Waals surface area (Å²) < 4.78 is 26.8. The highest BCUT2D eigenvalue weighted by molar-refractivity contribution is 9.10. The standard InChI is InChI=1S/C29H27BrFN3O3/c1-36-27-15-20(9-14-26(27)37-18-19-7-11-23(31)12-8-19)17-32-34-28(21-5-3-2-4-6-21)33-25-13-10-22(30)16-24(25)29(34)35/h7-17,21H,2-6,18H2,1H3. The molecular formula is C29H27BrFN3O3. The lowest BCUT2D eigenvalue weighted by Crippen LogP contribution is -2.25. The summed E-state index contributed by atoms with van der Waals surface area (Å²) in [6, 6.07) is 17.2. The number of hydrogen-bond acceptors (Lipinski definition) is 5. The van der Waals surface area contributed by atoms with Gasteiger partial charge in [0.25, 0.3) is 5.56 Å². The van der Waals surface area contributed by atoms with Crippen LogP contribution in [-0.2, 0) is 6.61 Å². The van der Waals surface area contributed by atoms with Crippen LogP contribution in [0.3, 0.4) is 0 Å². The van der Waals surface area contributed by atoms with Crippen molar-refractivity contribution in [3.05, 3.63) is 98.3 Å². The average molecular weight is 564 g/mol. The van der Waals surface area contributed by atoms with Gasteiger partial charge in [0.05, 0.1) is 24.2 Å². The second-order valence-electron chi connectivity index (χ2n) is 9.15. The molecule has 0 radical (unpaired) electrons. The molecule has 1 saturated carbocycles. The number of hydrogen-bond donors (Lipinski definition) is 0. The fraction of sp³-hybridized carbons (Fsp3) is 0.276. The molecule has 1 fully saturated rings. The van der Waals surface area contributed by atoms with Crippen LogP contribution >= 0.6 is 15.9 Å². The SMILES string of the molecule is COc1cc(C=Nn2c(C3CCCCC3)nc3ccc(Br)cc3c2=O)ccc1OCc1ccc(F)cc1. The van der Waals surface area contributed by atoms with Crippen molar-refractivity contribution in [1.29, 1.82) is 0 Å². The van der Waals surface area contributed by atoms with Crippen LogP contribution in [0, 0.1) is 5.82 Å². The van der Waals surface area contributed by atoms with Crippen molar-refractivity contribution in [3.8, 4) is 11.5 Å². The summed E-state index contributed by atoms with van der Waals surface area (Å²) in [4.78, 5) is 18.4. The molecule has 5 rings (SSSR count). The van der Waals surface area contributed by atoms with E-state index in [4.69, 9.17) is 14.5 Å². The van der Waals surface area contributed by atoms with E-state index in [0.29, 0.717) is 28.2 Å². The highest BCUT2D eigenvalue weighted by atomic mass is 79.9. The Kier molecular flexibility index (Phi) is 7.65. The van der Waals surface area contributed by atoms with Crippen molar-refractivity contribution < 1.29 is 13.9 Å². The Morgan fingerprint density at radius 1 is 1.05 bits per heavy atom. The molecule has 0 unspecified atom stereocenters. The Hall–Kier alpha value is -3.52. The maximum atomic E-state index is 13.5. The molecule has 0 atom stereocenters. The van der Waals surface area contributed by atoms with E-state index in [-0.39, 0.29) is 23.9 Å². The first-order valence-electron chi connectivity index (χ1n) is 12.3. The van der Waals surface area contributed by atoms with Crippen LogP contribution in [0.1, 0.15) is 55.0 Å². The van der Waals surface area contributed by atoms with Gasteiger partial charge in [-0.05, 0) is 72.5 Å². The molecule has 0 bridgehead atoms. The molecule has 1 heterocycles. The van der Waals surface area contributed by atoms with E-state index in [9.17, 15) is 9.18 Å². The number of ether oxygens (including phenoxy) is 2. The third-order valence-electron chi connectivity index (χ3n) is 6.62. The van der Waals surface area contributed by atoms with Crippen LogP contribution in [0.5, 0.6) is 11.5 Å². The molecule has 8 heteroatoms. The molecule has 1 aromatic heterocycles. The quantitative estimate of drug-likeness (QED) is 0.231. The number of rotatable bonds is 7. The van der Waals surface area contributed by atoms with Gasteiger partial charge in [-0.2, -0.15) is 9.78 Å². The van der Waals surface area contributed by atoms with Crippen LogP contribution in [0.4, 0.5) is 4.39 Å². The van der Waals surface area contributed by atoms with Crippen LogP contribution < -0.4 is 15.0 Å². The molecular weight excluding hydrogens is 537 g/mol. The lowest BCUT2D eigenvalue weighted by Gasteiger charge is -2.22. The van der Waals surface area contributed by atoms with Gasteiger partial charge in [0.2, 0.25) is 0 Å². The first kappa shape index (κ1) is 25.1. The number of benzene rings is 3. The average Bonchev–Trinajstić information content (AvgIpc) is 2.93. The lowest BCUT2D eigenvalue weighted by atomic mass is 9.88. The molecule has 1 aliphatic carbocycles. The summed E-state index contributed by atoms with van der Waals surface area (Å²) >= 11 is 3.46. The molecule has 1 aliphatic rings. The highest BCUT2D eigenvalue weighted by Crippen LogP contribution is 2.32. The van der Waals surface area contributed by atoms with Gasteiger partial charge >= 0.3 is 0 Å². The summed E-state index contributed by atoms with van der Waals surface area (Å²) in [7, 11) is 1.57. The van der Waals surface area contributed by atoms with Crippen molar-refractivity contribution in [2.24, 2.45) is 5.10 Å². The summed E-state index contributed by atoms with van der Waals surface area (Å²) in [6.45, 7) is 0.280. The van der Waals surface area contributed by atoms with Crippen molar-refractivity contribution in [2.75, 3.05) is 7.11 Å². The van der Waals surface area contributed by atoms with Gasteiger partial charge in [0.15, 0.2) is 11.5 Å². The van der Waals surface area contributed by atoms with Crippen molar-refractivity contribution in [2.45, 2.75) is 44.6 Å². The maximum Gasteiger partial charge on any atom is 0.282 e. The Bertz CT molecular complexity index is 1500. The zero-order valence-electron chi connectivity index (χ0n) is 20.5. The van der Waals surface area contributed by atoms with E-state index in [1.807, 2.05) is 18.2 Å². The van der Waals surface area contributed by atoms with E-state index < -0.39 is 0 Å². The monoisotopic (exact) mass is 563 g/mol. The molecule has 37 heavy (non-hydrogen) atoms. The minimum absolute atomic E-state index is 0.186. The topological polar surface area (TPSA) is 65.7 Å². The fourth-order valence-corrected chi connectivity index (χ4v) is 5.01. The summed E-state index contributed by atoms with van der Waals surface area (Å²) in [5, 5.41) is 5.13. The molecule has 0 N–H and O–H groups in total. The van der Waals surface area contributed by atoms with E-state index in [2.05, 4.69) is 21.0 Å². The maximum absolute atomic E-state index is 13.5. The van der Waals surface area contributed by atoms with Gasteiger partial charge in [-0.1, -0.05) is 47.3 Å². The number of methoxy groups -OCH3 is 1. The Labute approximate surface area is 222 Å². The zero-order chi connectivity index (χ0) is 25.8. The largest absolute Gasteiger partial charge is 0.493 e. The van der Waals surface area contributed by atoms with Gasteiger partial charge in [-0.25, -0.2) is 9.37 Å². The Morgan fingerprint density at radius 3 is 2.59 bits per heavy atom. The third kappa shape index (κ3) is 5.74. The number of nitrogens with zero attached hydrogens (tertiary/aromatic N) is 3. The van der Waals surface area contributed by atoms with Crippen molar-refractivity contribution >= 4 is 33.0 Å². The van der Waals surface area contributed by atoms with Gasteiger partial charge in [0, 0.05) is 10.4 Å². The number of fused-ring (bicyclic) bond motifs is 1. The highest BCUT2D eigenvalue weighted by Gasteiger charge is 2.22. The minimum atomic E-state index is -0.287. The predicted octanol–water partition coefficient (Wildman–Crippen LogP) is 6.82. The van der Waals surface area contributed by atoms with E-state index in [1.54, 1.807) is 43.7 Å². The van der Waals surface area contributed by atoms with Crippen LogP contribution in [0.25, 0.3) is 10.9 Å². The molecule has 0 amide bonds. The summed E-state index contributed by atoms with van der Waals surface area (Å²) in [6.07, 6.45) is 7.10. The molecule has 0 aliphatic heterocycles.